The number of anilines is 1. The first kappa shape index (κ1) is 16.6. The van der Waals surface area contributed by atoms with Gasteiger partial charge in [-0.1, -0.05) is 13.0 Å². The van der Waals surface area contributed by atoms with Gasteiger partial charge in [-0.3, -0.25) is 0 Å². The van der Waals surface area contributed by atoms with Crippen molar-refractivity contribution in [1.82, 2.24) is 9.78 Å². The van der Waals surface area contributed by atoms with Crippen LogP contribution in [0.2, 0.25) is 0 Å². The number of nitrogen functional groups attached to an aromatic ring is 1. The van der Waals surface area contributed by atoms with Crippen molar-refractivity contribution < 1.29 is 12.8 Å². The van der Waals surface area contributed by atoms with Crippen molar-refractivity contribution in [3.05, 3.63) is 36.2 Å². The van der Waals surface area contributed by atoms with Crippen molar-refractivity contribution >= 4 is 33.6 Å². The van der Waals surface area contributed by atoms with E-state index in [1.54, 1.807) is 12.5 Å². The first-order chi connectivity index (χ1) is 10.4. The molecule has 2 N–H and O–H groups in total. The van der Waals surface area contributed by atoms with Gasteiger partial charge in [0.05, 0.1) is 4.90 Å². The fraction of sp³-hybridized carbons (Fsp3) is 0.214. The van der Waals surface area contributed by atoms with Gasteiger partial charge < -0.3 is 5.73 Å². The molecule has 2 rings (SSSR count). The molecule has 0 spiro atoms. The maximum absolute atomic E-state index is 13.0. The van der Waals surface area contributed by atoms with E-state index in [1.807, 2.05) is 13.0 Å². The molecule has 0 fully saturated rings. The van der Waals surface area contributed by atoms with Crippen molar-refractivity contribution in [1.29, 1.82) is 0 Å². The Kier molecular flexibility index (Phi) is 4.92. The molecule has 0 unspecified atom stereocenters. The highest BCUT2D eigenvalue weighted by Gasteiger charge is 2.28. The van der Waals surface area contributed by atoms with E-state index in [0.717, 1.165) is 18.6 Å². The van der Waals surface area contributed by atoms with Crippen molar-refractivity contribution in [2.24, 2.45) is 0 Å². The van der Waals surface area contributed by atoms with Crippen LogP contribution < -0.4 is 5.73 Å². The second-order valence-corrected chi connectivity index (χ2v) is 7.10. The molecule has 5 nitrogen and oxygen atoms in total. The van der Waals surface area contributed by atoms with Gasteiger partial charge in [0.25, 0.3) is 0 Å². The predicted molar refractivity (Wildman–Crippen MR) is 85.9 cm³/mol. The van der Waals surface area contributed by atoms with Crippen molar-refractivity contribution in [3.8, 4) is 0 Å². The highest BCUT2D eigenvalue weighted by Crippen LogP contribution is 2.34. The van der Waals surface area contributed by atoms with Crippen LogP contribution in [0.4, 0.5) is 10.2 Å². The second kappa shape index (κ2) is 6.53. The molecular formula is C14H16FN3O2S2. The van der Waals surface area contributed by atoms with Gasteiger partial charge in [0, 0.05) is 6.20 Å². The van der Waals surface area contributed by atoms with E-state index in [2.05, 4.69) is 5.10 Å². The normalized spacial score (nSPS) is 12.1. The van der Waals surface area contributed by atoms with Gasteiger partial charge in [0.1, 0.15) is 21.6 Å². The summed E-state index contributed by atoms with van der Waals surface area (Å²) in [6.45, 7) is 1.95. The van der Waals surface area contributed by atoms with Crippen LogP contribution in [0.15, 0.2) is 45.2 Å². The van der Waals surface area contributed by atoms with E-state index in [0.29, 0.717) is 5.03 Å². The molecular weight excluding hydrogens is 325 g/mol. The summed E-state index contributed by atoms with van der Waals surface area (Å²) < 4.78 is 39.8. The van der Waals surface area contributed by atoms with Crippen LogP contribution >= 0.6 is 11.8 Å². The Labute approximate surface area is 132 Å². The lowest BCUT2D eigenvalue weighted by Crippen LogP contribution is -2.06. The Morgan fingerprint density at radius 2 is 2.00 bits per heavy atom. The Morgan fingerprint density at radius 1 is 1.36 bits per heavy atom. The molecule has 1 heterocycles. The quantitative estimate of drug-likeness (QED) is 0.668. The highest BCUT2D eigenvalue weighted by atomic mass is 32.2. The number of halogens is 1. The molecule has 1 aromatic heterocycles. The van der Waals surface area contributed by atoms with Crippen LogP contribution in [0.5, 0.6) is 0 Å². The Bertz CT molecular complexity index is 796. The van der Waals surface area contributed by atoms with E-state index in [1.165, 1.54) is 28.6 Å². The SMILES string of the molecule is CC/C=C\n1nc(SC)c(S(=O)(=O)c2ccc(F)cc2)c1N. The van der Waals surface area contributed by atoms with Crippen LogP contribution in [-0.2, 0) is 9.84 Å². The maximum Gasteiger partial charge on any atom is 0.212 e. The van der Waals surface area contributed by atoms with E-state index >= 15 is 0 Å². The zero-order valence-electron chi connectivity index (χ0n) is 12.2. The Balaban J connectivity index is 2.62. The third-order valence-electron chi connectivity index (χ3n) is 2.94. The number of nitrogens with zero attached hydrogens (tertiary/aromatic N) is 2. The number of thioether (sulfide) groups is 1. The maximum atomic E-state index is 13.0. The molecule has 0 aliphatic carbocycles. The number of rotatable bonds is 5. The topological polar surface area (TPSA) is 78.0 Å². The molecule has 1 aromatic carbocycles. The number of hydrogen-bond acceptors (Lipinski definition) is 5. The number of hydrogen-bond donors (Lipinski definition) is 1. The van der Waals surface area contributed by atoms with Gasteiger partial charge in [-0.2, -0.15) is 5.10 Å². The molecule has 0 atom stereocenters. The average Bonchev–Trinajstić information content (AvgIpc) is 2.82. The lowest BCUT2D eigenvalue weighted by atomic mass is 10.4. The zero-order valence-corrected chi connectivity index (χ0v) is 13.8. The Morgan fingerprint density at radius 3 is 2.55 bits per heavy atom. The van der Waals surface area contributed by atoms with Gasteiger partial charge in [-0.25, -0.2) is 17.5 Å². The molecule has 0 aliphatic rings. The summed E-state index contributed by atoms with van der Waals surface area (Å²) in [4.78, 5) is -0.0673. The standard InChI is InChI=1S/C14H16FN3O2S2/c1-3-4-9-18-13(16)12(14(17-18)21-2)22(19,20)11-7-5-10(15)6-8-11/h4-9H,3,16H2,1-2H3/b9-4-. The third kappa shape index (κ3) is 3.02. The molecule has 0 aliphatic heterocycles. The fourth-order valence-corrected chi connectivity index (χ4v) is 4.26. The molecule has 2 aromatic rings. The minimum Gasteiger partial charge on any atom is -0.382 e. The fourth-order valence-electron chi connectivity index (χ4n) is 1.85. The smallest absolute Gasteiger partial charge is 0.212 e. The van der Waals surface area contributed by atoms with Crippen LogP contribution in [0.25, 0.3) is 6.20 Å². The van der Waals surface area contributed by atoms with Crippen LogP contribution in [0.3, 0.4) is 0 Å². The van der Waals surface area contributed by atoms with E-state index in [9.17, 15) is 12.8 Å². The number of aromatic nitrogens is 2. The largest absolute Gasteiger partial charge is 0.382 e. The monoisotopic (exact) mass is 341 g/mol. The summed E-state index contributed by atoms with van der Waals surface area (Å²) in [5.41, 5.74) is 5.96. The summed E-state index contributed by atoms with van der Waals surface area (Å²) in [6.07, 6.45) is 5.94. The number of nitrogens with two attached hydrogens (primary N) is 1. The van der Waals surface area contributed by atoms with E-state index in [4.69, 9.17) is 5.73 Å². The van der Waals surface area contributed by atoms with Gasteiger partial charge in [0.15, 0.2) is 0 Å². The molecule has 118 valence electrons. The first-order valence-electron chi connectivity index (χ1n) is 6.51. The lowest BCUT2D eigenvalue weighted by molar-refractivity contribution is 0.593. The number of allylic oxidation sites excluding steroid dienone is 1. The average molecular weight is 341 g/mol. The summed E-state index contributed by atoms with van der Waals surface area (Å²) in [5, 5.41) is 4.50. The van der Waals surface area contributed by atoms with Gasteiger partial charge >= 0.3 is 0 Å². The predicted octanol–water partition coefficient (Wildman–Crippen LogP) is 3.04. The van der Waals surface area contributed by atoms with Crippen molar-refractivity contribution in [2.45, 2.75) is 28.2 Å². The Hall–Kier alpha value is -1.80. The molecule has 0 radical (unpaired) electrons. The van der Waals surface area contributed by atoms with Crippen LogP contribution in [0, 0.1) is 5.82 Å². The minimum absolute atomic E-state index is 0.0186. The zero-order chi connectivity index (χ0) is 16.3. The highest BCUT2D eigenvalue weighted by molar-refractivity contribution is 7.99. The second-order valence-electron chi connectivity index (χ2n) is 4.42. The summed E-state index contributed by atoms with van der Waals surface area (Å²) in [5.74, 6) is -0.461. The van der Waals surface area contributed by atoms with Crippen LogP contribution in [-0.4, -0.2) is 24.5 Å². The van der Waals surface area contributed by atoms with Crippen molar-refractivity contribution in [2.75, 3.05) is 12.0 Å². The van der Waals surface area contributed by atoms with E-state index in [-0.39, 0.29) is 15.6 Å². The van der Waals surface area contributed by atoms with Gasteiger partial charge in [0.2, 0.25) is 9.84 Å². The summed E-state index contributed by atoms with van der Waals surface area (Å²) in [6, 6.07) is 4.63. The first-order valence-corrected chi connectivity index (χ1v) is 9.21. The molecule has 8 heteroatoms. The summed E-state index contributed by atoms with van der Waals surface area (Å²) >= 11 is 1.19. The summed E-state index contributed by atoms with van der Waals surface area (Å²) in [7, 11) is -3.86. The van der Waals surface area contributed by atoms with Crippen LogP contribution in [0.1, 0.15) is 13.3 Å². The lowest BCUT2D eigenvalue weighted by Gasteiger charge is -2.05. The van der Waals surface area contributed by atoms with Gasteiger partial charge in [-0.15, -0.1) is 11.8 Å². The van der Waals surface area contributed by atoms with E-state index < -0.39 is 15.7 Å². The van der Waals surface area contributed by atoms with Gasteiger partial charge in [-0.05, 0) is 36.9 Å². The molecule has 0 saturated heterocycles. The minimum atomic E-state index is -3.86. The number of sulfone groups is 1. The van der Waals surface area contributed by atoms with Crippen molar-refractivity contribution in [3.63, 3.8) is 0 Å². The molecule has 0 bridgehead atoms. The molecule has 0 amide bonds. The third-order valence-corrected chi connectivity index (χ3v) is 5.57. The number of benzene rings is 1. The molecule has 22 heavy (non-hydrogen) atoms. The molecule has 0 saturated carbocycles.